The Hall–Kier alpha value is -2.10. The van der Waals surface area contributed by atoms with Crippen LogP contribution in [0.5, 0.6) is 5.75 Å². The molecule has 1 fully saturated rings. The number of benzene rings is 1. The zero-order valence-electron chi connectivity index (χ0n) is 11.3. The minimum Gasteiger partial charge on any atom is -0.494 e. The van der Waals surface area contributed by atoms with Crippen LogP contribution in [0.2, 0.25) is 0 Å². The molecular weight excluding hydrogens is 252 g/mol. The second-order valence-electron chi connectivity index (χ2n) is 5.21. The molecule has 1 aliphatic rings. The molecule has 1 heterocycles. The van der Waals surface area contributed by atoms with Gasteiger partial charge in [-0.2, -0.15) is 0 Å². The van der Waals surface area contributed by atoms with Gasteiger partial charge in [-0.15, -0.1) is 0 Å². The van der Waals surface area contributed by atoms with Crippen LogP contribution in [-0.4, -0.2) is 22.9 Å². The number of H-pyrrole nitrogens is 1. The highest BCUT2D eigenvalue weighted by molar-refractivity contribution is 5.78. The summed E-state index contributed by atoms with van der Waals surface area (Å²) in [4.78, 5) is 18.1. The monoisotopic (exact) mass is 270 g/mol. The van der Waals surface area contributed by atoms with Crippen molar-refractivity contribution in [2.75, 3.05) is 6.61 Å². The van der Waals surface area contributed by atoms with Gasteiger partial charge < -0.3 is 9.72 Å². The van der Waals surface area contributed by atoms with Gasteiger partial charge >= 0.3 is 0 Å². The van der Waals surface area contributed by atoms with Crippen molar-refractivity contribution in [1.82, 2.24) is 9.97 Å². The number of hydrogen-bond donors (Lipinski definition) is 1. The second kappa shape index (κ2) is 5.90. The van der Waals surface area contributed by atoms with E-state index < -0.39 is 0 Å². The molecule has 3 rings (SSSR count). The van der Waals surface area contributed by atoms with E-state index in [9.17, 15) is 4.79 Å². The first-order valence-electron chi connectivity index (χ1n) is 7.06. The van der Waals surface area contributed by atoms with E-state index in [4.69, 9.17) is 4.74 Å². The third kappa shape index (κ3) is 3.07. The summed E-state index contributed by atoms with van der Waals surface area (Å²) >= 11 is 0. The lowest BCUT2D eigenvalue weighted by Gasteiger charge is -2.09. The predicted octanol–water partition coefficient (Wildman–Crippen LogP) is 3.11. The van der Waals surface area contributed by atoms with Gasteiger partial charge in [0.1, 0.15) is 12.0 Å². The largest absolute Gasteiger partial charge is 0.494 e. The van der Waals surface area contributed by atoms with Crippen LogP contribution in [0.4, 0.5) is 0 Å². The molecule has 0 atom stereocenters. The van der Waals surface area contributed by atoms with Crippen LogP contribution in [0.25, 0.3) is 0 Å². The lowest BCUT2D eigenvalue weighted by Crippen LogP contribution is -2.01. The van der Waals surface area contributed by atoms with Gasteiger partial charge in [0.2, 0.25) is 0 Å². The molecule has 0 spiro atoms. The van der Waals surface area contributed by atoms with Crippen LogP contribution >= 0.6 is 0 Å². The topological polar surface area (TPSA) is 55.0 Å². The van der Waals surface area contributed by atoms with E-state index >= 15 is 0 Å². The van der Waals surface area contributed by atoms with Crippen LogP contribution in [0.1, 0.15) is 46.8 Å². The van der Waals surface area contributed by atoms with Crippen molar-refractivity contribution in [2.24, 2.45) is 0 Å². The highest BCUT2D eigenvalue weighted by Crippen LogP contribution is 2.42. The quantitative estimate of drug-likeness (QED) is 0.621. The van der Waals surface area contributed by atoms with Gasteiger partial charge in [-0.05, 0) is 55.4 Å². The molecule has 1 aliphatic carbocycles. The number of aromatic nitrogens is 2. The minimum absolute atomic E-state index is 0.559. The van der Waals surface area contributed by atoms with Crippen molar-refractivity contribution >= 4 is 6.29 Å². The lowest BCUT2D eigenvalue weighted by atomic mass is 10.0. The van der Waals surface area contributed by atoms with E-state index in [0.717, 1.165) is 41.7 Å². The molecule has 0 radical (unpaired) electrons. The smallest absolute Gasteiger partial charge is 0.150 e. The number of aldehydes is 1. The number of aryl methyl sites for hydroxylation is 1. The normalized spacial score (nSPS) is 14.2. The molecule has 0 unspecified atom stereocenters. The molecule has 20 heavy (non-hydrogen) atoms. The number of carbonyl (C=O) groups excluding carboxylic acids is 1. The average Bonchev–Trinajstić information content (AvgIpc) is 3.20. The Morgan fingerprint density at radius 3 is 3.00 bits per heavy atom. The molecule has 4 heteroatoms. The zero-order valence-corrected chi connectivity index (χ0v) is 11.3. The van der Waals surface area contributed by atoms with Crippen LogP contribution < -0.4 is 4.74 Å². The molecule has 2 aromatic rings. The molecule has 4 nitrogen and oxygen atoms in total. The summed E-state index contributed by atoms with van der Waals surface area (Å²) in [6, 6.07) is 5.77. The molecule has 1 N–H and O–H groups in total. The molecule has 1 saturated carbocycles. The molecule has 1 aromatic carbocycles. The van der Waals surface area contributed by atoms with Crippen LogP contribution in [0.15, 0.2) is 30.7 Å². The SMILES string of the molecule is O=Cc1ccc(OCCCc2cnc[nH]2)cc1C1CC1. The Bertz CT molecular complexity index is 574. The minimum atomic E-state index is 0.559. The molecule has 0 amide bonds. The van der Waals surface area contributed by atoms with Crippen molar-refractivity contribution < 1.29 is 9.53 Å². The number of rotatable bonds is 7. The number of imidazole rings is 1. The van der Waals surface area contributed by atoms with Gasteiger partial charge in [-0.1, -0.05) is 0 Å². The lowest BCUT2D eigenvalue weighted by molar-refractivity contribution is 0.112. The summed E-state index contributed by atoms with van der Waals surface area (Å²) in [6.45, 7) is 0.670. The van der Waals surface area contributed by atoms with Gasteiger partial charge in [0.25, 0.3) is 0 Å². The molecular formula is C16H18N2O2. The first kappa shape index (κ1) is 12.9. The summed E-state index contributed by atoms with van der Waals surface area (Å²) in [7, 11) is 0. The Morgan fingerprint density at radius 1 is 1.40 bits per heavy atom. The van der Waals surface area contributed by atoms with Gasteiger partial charge in [-0.25, -0.2) is 4.98 Å². The van der Waals surface area contributed by atoms with Gasteiger partial charge in [0, 0.05) is 17.5 Å². The van der Waals surface area contributed by atoms with Crippen molar-refractivity contribution in [2.45, 2.75) is 31.6 Å². The third-order valence-electron chi connectivity index (χ3n) is 3.62. The van der Waals surface area contributed by atoms with Crippen molar-refractivity contribution in [3.63, 3.8) is 0 Å². The number of nitrogens with one attached hydrogen (secondary N) is 1. The zero-order chi connectivity index (χ0) is 13.8. The molecule has 104 valence electrons. The van der Waals surface area contributed by atoms with E-state index in [1.54, 1.807) is 6.33 Å². The molecule has 0 saturated heterocycles. The first-order chi connectivity index (χ1) is 9.86. The van der Waals surface area contributed by atoms with E-state index in [2.05, 4.69) is 9.97 Å². The fraction of sp³-hybridized carbons (Fsp3) is 0.375. The van der Waals surface area contributed by atoms with Crippen molar-refractivity contribution in [3.8, 4) is 5.75 Å². The predicted molar refractivity (Wildman–Crippen MR) is 76.2 cm³/mol. The summed E-state index contributed by atoms with van der Waals surface area (Å²) < 4.78 is 5.77. The van der Waals surface area contributed by atoms with Crippen LogP contribution in [-0.2, 0) is 6.42 Å². The summed E-state index contributed by atoms with van der Waals surface area (Å²) in [5.74, 6) is 1.42. The Morgan fingerprint density at radius 2 is 2.30 bits per heavy atom. The fourth-order valence-corrected chi connectivity index (χ4v) is 2.37. The van der Waals surface area contributed by atoms with Crippen LogP contribution in [0, 0.1) is 0 Å². The number of aromatic amines is 1. The Kier molecular flexibility index (Phi) is 3.81. The van der Waals surface area contributed by atoms with Crippen molar-refractivity contribution in [1.29, 1.82) is 0 Å². The molecule has 0 bridgehead atoms. The summed E-state index contributed by atoms with van der Waals surface area (Å²) in [6.07, 6.45) is 8.71. The number of nitrogens with zero attached hydrogens (tertiary/aromatic N) is 1. The van der Waals surface area contributed by atoms with Crippen molar-refractivity contribution in [3.05, 3.63) is 47.5 Å². The maximum absolute atomic E-state index is 11.0. The van der Waals surface area contributed by atoms with Gasteiger partial charge in [0.15, 0.2) is 0 Å². The maximum Gasteiger partial charge on any atom is 0.150 e. The van der Waals surface area contributed by atoms with E-state index in [0.29, 0.717) is 12.5 Å². The standard InChI is InChI=1S/C16H18N2O2/c19-10-13-5-6-15(8-16(13)12-3-4-12)20-7-1-2-14-9-17-11-18-14/h5-6,8-12H,1-4,7H2,(H,17,18). The average molecular weight is 270 g/mol. The van der Waals surface area contributed by atoms with Gasteiger partial charge in [-0.3, -0.25) is 4.79 Å². The molecule has 1 aromatic heterocycles. The fourth-order valence-electron chi connectivity index (χ4n) is 2.37. The number of hydrogen-bond acceptors (Lipinski definition) is 3. The highest BCUT2D eigenvalue weighted by Gasteiger charge is 2.26. The third-order valence-corrected chi connectivity index (χ3v) is 3.62. The van der Waals surface area contributed by atoms with E-state index in [1.165, 1.54) is 12.8 Å². The van der Waals surface area contributed by atoms with E-state index in [-0.39, 0.29) is 0 Å². The Balaban J connectivity index is 1.54. The number of ether oxygens (including phenoxy) is 1. The second-order valence-corrected chi connectivity index (χ2v) is 5.21. The molecule has 0 aliphatic heterocycles. The van der Waals surface area contributed by atoms with Crippen LogP contribution in [0.3, 0.4) is 0 Å². The highest BCUT2D eigenvalue weighted by atomic mass is 16.5. The van der Waals surface area contributed by atoms with Gasteiger partial charge in [0.05, 0.1) is 12.9 Å². The number of carbonyl (C=O) groups is 1. The Labute approximate surface area is 118 Å². The summed E-state index contributed by atoms with van der Waals surface area (Å²) in [5, 5.41) is 0. The maximum atomic E-state index is 11.0. The summed E-state index contributed by atoms with van der Waals surface area (Å²) in [5.41, 5.74) is 3.08. The first-order valence-corrected chi connectivity index (χ1v) is 7.06. The van der Waals surface area contributed by atoms with E-state index in [1.807, 2.05) is 24.4 Å².